The molecule has 6 heteroatoms. The first kappa shape index (κ1) is 20.0. The van der Waals surface area contributed by atoms with Crippen molar-refractivity contribution in [3.8, 4) is 11.5 Å². The summed E-state index contributed by atoms with van der Waals surface area (Å²) in [6.07, 6.45) is 1.47. The average molecular weight is 369 g/mol. The number of rotatable bonds is 9. The van der Waals surface area contributed by atoms with E-state index in [0.29, 0.717) is 12.3 Å². The van der Waals surface area contributed by atoms with Gasteiger partial charge >= 0.3 is 5.97 Å². The van der Waals surface area contributed by atoms with Crippen molar-refractivity contribution in [1.29, 1.82) is 0 Å². The van der Waals surface area contributed by atoms with Crippen molar-refractivity contribution in [2.45, 2.75) is 13.3 Å². The molecule has 0 fully saturated rings. The molecule has 0 atom stereocenters. The van der Waals surface area contributed by atoms with Crippen LogP contribution in [0.4, 0.5) is 0 Å². The normalized spacial score (nSPS) is 11.8. The molecule has 2 aromatic rings. The maximum absolute atomic E-state index is 11.1. The Hall–Kier alpha value is -3.28. The molecular formula is C21H23NO5. The monoisotopic (exact) mass is 369 g/mol. The van der Waals surface area contributed by atoms with E-state index in [1.54, 1.807) is 13.2 Å². The van der Waals surface area contributed by atoms with Gasteiger partial charge in [-0.05, 0) is 54.0 Å². The number of carboxylic acid groups (broad SMARTS) is 1. The molecule has 27 heavy (non-hydrogen) atoms. The van der Waals surface area contributed by atoms with Gasteiger partial charge in [0.05, 0.1) is 25.8 Å². The highest BCUT2D eigenvalue weighted by Crippen LogP contribution is 2.27. The van der Waals surface area contributed by atoms with Gasteiger partial charge in [-0.15, -0.1) is 0 Å². The minimum atomic E-state index is -0.983. The number of aliphatic carboxylic acids is 1. The van der Waals surface area contributed by atoms with Gasteiger partial charge in [0.25, 0.3) is 0 Å². The number of allylic oxidation sites excluding steroid dienone is 1. The molecule has 0 unspecified atom stereocenters. The van der Waals surface area contributed by atoms with E-state index < -0.39 is 5.97 Å². The van der Waals surface area contributed by atoms with Gasteiger partial charge in [-0.25, -0.2) is 0 Å². The lowest BCUT2D eigenvalue weighted by atomic mass is 9.96. The van der Waals surface area contributed by atoms with E-state index >= 15 is 0 Å². The van der Waals surface area contributed by atoms with Gasteiger partial charge in [-0.1, -0.05) is 29.4 Å². The van der Waals surface area contributed by atoms with E-state index in [1.807, 2.05) is 55.5 Å². The number of benzene rings is 2. The molecule has 0 spiro atoms. The first-order chi connectivity index (χ1) is 13.1. The van der Waals surface area contributed by atoms with Crippen LogP contribution in [0.2, 0.25) is 0 Å². The van der Waals surface area contributed by atoms with Crippen LogP contribution in [0.15, 0.2) is 59.8 Å². The van der Waals surface area contributed by atoms with Crippen molar-refractivity contribution < 1.29 is 24.2 Å². The van der Waals surface area contributed by atoms with Crippen molar-refractivity contribution in [1.82, 2.24) is 0 Å². The molecule has 142 valence electrons. The first-order valence-electron chi connectivity index (χ1n) is 8.48. The maximum atomic E-state index is 11.1. The SMILES string of the molecule is CCOc1ccc(/C(=C\C(CC(=O)O)=N\OC)c2ccc(OC)cc2)cc1. The van der Waals surface area contributed by atoms with Crippen LogP contribution < -0.4 is 9.47 Å². The molecule has 0 aromatic heterocycles. The summed E-state index contributed by atoms with van der Waals surface area (Å²) in [6.45, 7) is 2.51. The van der Waals surface area contributed by atoms with Gasteiger partial charge in [0.2, 0.25) is 0 Å². The van der Waals surface area contributed by atoms with Gasteiger partial charge in [-0.3, -0.25) is 4.79 Å². The number of nitrogens with zero attached hydrogens (tertiary/aromatic N) is 1. The van der Waals surface area contributed by atoms with Crippen molar-refractivity contribution in [2.75, 3.05) is 20.8 Å². The number of oxime groups is 1. The number of hydrogen-bond donors (Lipinski definition) is 1. The minimum absolute atomic E-state index is 0.246. The summed E-state index contributed by atoms with van der Waals surface area (Å²) in [7, 11) is 2.99. The van der Waals surface area contributed by atoms with Crippen LogP contribution in [0.25, 0.3) is 5.57 Å². The molecule has 0 radical (unpaired) electrons. The second-order valence-electron chi connectivity index (χ2n) is 5.58. The molecule has 0 amide bonds. The molecule has 6 nitrogen and oxygen atoms in total. The van der Waals surface area contributed by atoms with E-state index in [-0.39, 0.29) is 6.42 Å². The second kappa shape index (κ2) is 10.0. The highest BCUT2D eigenvalue weighted by Gasteiger charge is 2.11. The molecule has 0 heterocycles. The molecule has 0 bridgehead atoms. The third-order valence-electron chi connectivity index (χ3n) is 3.73. The van der Waals surface area contributed by atoms with Crippen LogP contribution in [0, 0.1) is 0 Å². The Labute approximate surface area is 158 Å². The Bertz CT molecular complexity index is 807. The number of carbonyl (C=O) groups is 1. The fraction of sp³-hybridized carbons (Fsp3) is 0.238. The van der Waals surface area contributed by atoms with E-state index in [1.165, 1.54) is 7.11 Å². The number of hydrogen-bond acceptors (Lipinski definition) is 5. The number of carboxylic acids is 1. The molecule has 0 saturated heterocycles. The summed E-state index contributed by atoms with van der Waals surface area (Å²) in [5.74, 6) is 0.524. The Balaban J connectivity index is 2.50. The summed E-state index contributed by atoms with van der Waals surface area (Å²) in [5, 5.41) is 13.0. The third-order valence-corrected chi connectivity index (χ3v) is 3.73. The van der Waals surface area contributed by atoms with Crippen molar-refractivity contribution in [3.05, 3.63) is 65.7 Å². The van der Waals surface area contributed by atoms with Crippen LogP contribution in [-0.4, -0.2) is 37.6 Å². The summed E-state index contributed by atoms with van der Waals surface area (Å²) < 4.78 is 10.7. The number of methoxy groups -OCH3 is 1. The lowest BCUT2D eigenvalue weighted by molar-refractivity contribution is -0.135. The van der Waals surface area contributed by atoms with Crippen molar-refractivity contribution in [2.24, 2.45) is 5.16 Å². The molecule has 2 rings (SSSR count). The van der Waals surface area contributed by atoms with Crippen molar-refractivity contribution >= 4 is 17.3 Å². The van der Waals surface area contributed by atoms with Crippen LogP contribution in [-0.2, 0) is 9.63 Å². The van der Waals surface area contributed by atoms with Gasteiger partial charge in [0.15, 0.2) is 0 Å². The first-order valence-corrected chi connectivity index (χ1v) is 8.48. The third kappa shape index (κ3) is 5.88. The topological polar surface area (TPSA) is 77.4 Å². The van der Waals surface area contributed by atoms with Crippen LogP contribution in [0.3, 0.4) is 0 Å². The quantitative estimate of drug-likeness (QED) is 0.534. The highest BCUT2D eigenvalue weighted by atomic mass is 16.6. The zero-order valence-corrected chi connectivity index (χ0v) is 15.6. The van der Waals surface area contributed by atoms with E-state index in [9.17, 15) is 4.79 Å². The van der Waals surface area contributed by atoms with Crippen molar-refractivity contribution in [3.63, 3.8) is 0 Å². The molecule has 0 aliphatic rings. The molecule has 0 aliphatic carbocycles. The standard InChI is InChI=1S/C21H23NO5/c1-4-27-19-11-7-16(8-12-19)20(13-17(22-26-3)14-21(23)24)15-5-9-18(25-2)10-6-15/h5-13H,4,14H2,1-3H3,(H,23,24)/b20-13-,22-17-. The lowest BCUT2D eigenvalue weighted by Gasteiger charge is -2.11. The van der Waals surface area contributed by atoms with E-state index in [4.69, 9.17) is 19.4 Å². The zero-order chi connectivity index (χ0) is 19.6. The van der Waals surface area contributed by atoms with Crippen LogP contribution in [0.5, 0.6) is 11.5 Å². The zero-order valence-electron chi connectivity index (χ0n) is 15.6. The predicted molar refractivity (Wildman–Crippen MR) is 104 cm³/mol. The van der Waals surface area contributed by atoms with Gasteiger partial charge < -0.3 is 19.4 Å². The van der Waals surface area contributed by atoms with E-state index in [0.717, 1.165) is 28.2 Å². The maximum Gasteiger partial charge on any atom is 0.309 e. The average Bonchev–Trinajstić information content (AvgIpc) is 2.67. The lowest BCUT2D eigenvalue weighted by Crippen LogP contribution is -2.06. The molecule has 2 aromatic carbocycles. The Morgan fingerprint density at radius 2 is 1.56 bits per heavy atom. The summed E-state index contributed by atoms with van der Waals surface area (Å²) in [5.41, 5.74) is 2.93. The minimum Gasteiger partial charge on any atom is -0.497 e. The van der Waals surface area contributed by atoms with E-state index in [2.05, 4.69) is 5.16 Å². The van der Waals surface area contributed by atoms with Gasteiger partial charge in [-0.2, -0.15) is 0 Å². The smallest absolute Gasteiger partial charge is 0.309 e. The fourth-order valence-corrected chi connectivity index (χ4v) is 2.55. The highest BCUT2D eigenvalue weighted by molar-refractivity contribution is 6.10. The Morgan fingerprint density at radius 1 is 1.00 bits per heavy atom. The molecule has 0 saturated carbocycles. The van der Waals surface area contributed by atoms with Gasteiger partial charge in [0.1, 0.15) is 18.6 Å². The molecular weight excluding hydrogens is 346 g/mol. The van der Waals surface area contributed by atoms with Crippen LogP contribution >= 0.6 is 0 Å². The second-order valence-corrected chi connectivity index (χ2v) is 5.58. The Morgan fingerprint density at radius 3 is 2.00 bits per heavy atom. The summed E-state index contributed by atoms with van der Waals surface area (Å²) in [4.78, 5) is 15.9. The predicted octanol–water partition coefficient (Wildman–Crippen LogP) is 4.00. The van der Waals surface area contributed by atoms with Crippen LogP contribution in [0.1, 0.15) is 24.5 Å². The summed E-state index contributed by atoms with van der Waals surface area (Å²) >= 11 is 0. The largest absolute Gasteiger partial charge is 0.497 e. The fourth-order valence-electron chi connectivity index (χ4n) is 2.55. The Kier molecular flexibility index (Phi) is 7.43. The van der Waals surface area contributed by atoms with Gasteiger partial charge in [0, 0.05) is 0 Å². The number of ether oxygens (including phenoxy) is 2. The molecule has 1 N–H and O–H groups in total. The molecule has 0 aliphatic heterocycles. The summed E-state index contributed by atoms with van der Waals surface area (Å²) in [6, 6.07) is 15.1.